The van der Waals surface area contributed by atoms with Crippen molar-refractivity contribution in [1.29, 1.82) is 0 Å². The number of aromatic nitrogens is 2. The zero-order valence-electron chi connectivity index (χ0n) is 14.0. The summed E-state index contributed by atoms with van der Waals surface area (Å²) in [5, 5.41) is 5.88. The van der Waals surface area contributed by atoms with Crippen molar-refractivity contribution in [2.24, 2.45) is 0 Å². The van der Waals surface area contributed by atoms with E-state index in [-0.39, 0.29) is 12.0 Å². The summed E-state index contributed by atoms with van der Waals surface area (Å²) in [5.74, 6) is 1.17. The monoisotopic (exact) mass is 342 g/mol. The van der Waals surface area contributed by atoms with E-state index in [0.29, 0.717) is 31.2 Å². The van der Waals surface area contributed by atoms with Crippen LogP contribution in [0.3, 0.4) is 0 Å². The average molecular weight is 342 g/mol. The Morgan fingerprint density at radius 1 is 1.20 bits per heavy atom. The minimum absolute atomic E-state index is 0.124. The van der Waals surface area contributed by atoms with Crippen LogP contribution in [0.1, 0.15) is 23.2 Å². The number of benzene rings is 1. The molecule has 7 heteroatoms. The summed E-state index contributed by atoms with van der Waals surface area (Å²) in [6, 6.07) is 8.88. The molecule has 1 aliphatic heterocycles. The molecule has 1 fully saturated rings. The van der Waals surface area contributed by atoms with E-state index in [1.54, 1.807) is 42.7 Å². The van der Waals surface area contributed by atoms with Gasteiger partial charge in [-0.15, -0.1) is 0 Å². The largest absolute Gasteiger partial charge is 0.491 e. The van der Waals surface area contributed by atoms with E-state index in [4.69, 9.17) is 9.47 Å². The minimum atomic E-state index is -0.124. The Hall–Kier alpha value is -2.67. The number of amides is 1. The molecular formula is C18H22N4O3. The fourth-order valence-corrected chi connectivity index (χ4v) is 2.51. The smallest absolute Gasteiger partial charge is 0.251 e. The molecule has 1 aromatic carbocycles. The Bertz CT molecular complexity index is 658. The van der Waals surface area contributed by atoms with Crippen molar-refractivity contribution in [3.8, 4) is 5.75 Å². The van der Waals surface area contributed by atoms with Gasteiger partial charge in [0.05, 0.1) is 6.10 Å². The van der Waals surface area contributed by atoms with Crippen LogP contribution in [0.5, 0.6) is 5.75 Å². The maximum absolute atomic E-state index is 12.1. The van der Waals surface area contributed by atoms with Gasteiger partial charge in [-0.2, -0.15) is 0 Å². The van der Waals surface area contributed by atoms with Gasteiger partial charge >= 0.3 is 0 Å². The summed E-state index contributed by atoms with van der Waals surface area (Å²) in [4.78, 5) is 20.2. The van der Waals surface area contributed by atoms with Crippen LogP contribution in [0.25, 0.3) is 0 Å². The Morgan fingerprint density at radius 3 is 2.72 bits per heavy atom. The second-order valence-corrected chi connectivity index (χ2v) is 5.73. The van der Waals surface area contributed by atoms with Gasteiger partial charge < -0.3 is 20.1 Å². The Balaban J connectivity index is 1.38. The van der Waals surface area contributed by atoms with E-state index >= 15 is 0 Å². The molecule has 1 atom stereocenters. The first kappa shape index (κ1) is 17.2. The maximum atomic E-state index is 12.1. The highest BCUT2D eigenvalue weighted by Gasteiger charge is 2.16. The summed E-state index contributed by atoms with van der Waals surface area (Å²) < 4.78 is 11.2. The number of nitrogens with zero attached hydrogens (tertiary/aromatic N) is 2. The Morgan fingerprint density at radius 2 is 2.00 bits per heavy atom. The molecule has 1 aliphatic rings. The number of carbonyl (C=O) groups excluding carboxylic acids is 1. The van der Waals surface area contributed by atoms with Crippen LogP contribution in [-0.4, -0.2) is 48.3 Å². The number of hydrogen-bond donors (Lipinski definition) is 2. The highest BCUT2D eigenvalue weighted by atomic mass is 16.5. The van der Waals surface area contributed by atoms with E-state index in [0.717, 1.165) is 25.2 Å². The molecule has 132 valence electrons. The molecule has 0 saturated carbocycles. The van der Waals surface area contributed by atoms with Gasteiger partial charge in [0.15, 0.2) is 0 Å². The van der Waals surface area contributed by atoms with Crippen LogP contribution in [0.15, 0.2) is 42.7 Å². The first-order valence-electron chi connectivity index (χ1n) is 8.45. The fourth-order valence-electron chi connectivity index (χ4n) is 2.51. The van der Waals surface area contributed by atoms with Gasteiger partial charge in [0.2, 0.25) is 5.95 Å². The van der Waals surface area contributed by atoms with Crippen molar-refractivity contribution in [2.75, 3.05) is 31.6 Å². The molecule has 3 rings (SSSR count). The molecule has 1 saturated heterocycles. The lowest BCUT2D eigenvalue weighted by Gasteiger charge is -2.12. The number of carbonyl (C=O) groups is 1. The second-order valence-electron chi connectivity index (χ2n) is 5.73. The van der Waals surface area contributed by atoms with Crippen LogP contribution >= 0.6 is 0 Å². The van der Waals surface area contributed by atoms with Crippen molar-refractivity contribution in [3.63, 3.8) is 0 Å². The van der Waals surface area contributed by atoms with Crippen LogP contribution in [0.2, 0.25) is 0 Å². The van der Waals surface area contributed by atoms with E-state index in [2.05, 4.69) is 20.6 Å². The molecule has 2 heterocycles. The molecule has 0 unspecified atom stereocenters. The molecule has 1 amide bonds. The van der Waals surface area contributed by atoms with E-state index < -0.39 is 0 Å². The first-order valence-corrected chi connectivity index (χ1v) is 8.45. The van der Waals surface area contributed by atoms with Gasteiger partial charge in [0.25, 0.3) is 5.91 Å². The number of rotatable bonds is 8. The predicted molar refractivity (Wildman–Crippen MR) is 93.8 cm³/mol. The maximum Gasteiger partial charge on any atom is 0.251 e. The van der Waals surface area contributed by atoms with Crippen molar-refractivity contribution >= 4 is 11.9 Å². The van der Waals surface area contributed by atoms with E-state index in [9.17, 15) is 4.79 Å². The zero-order chi connectivity index (χ0) is 17.3. The third-order valence-electron chi connectivity index (χ3n) is 3.84. The molecule has 2 N–H and O–H groups in total. The molecule has 1 aromatic heterocycles. The first-order chi connectivity index (χ1) is 12.3. The molecule has 25 heavy (non-hydrogen) atoms. The van der Waals surface area contributed by atoms with Crippen molar-refractivity contribution in [2.45, 2.75) is 18.9 Å². The molecule has 7 nitrogen and oxygen atoms in total. The van der Waals surface area contributed by atoms with Crippen LogP contribution in [0, 0.1) is 0 Å². The molecule has 0 bridgehead atoms. The number of nitrogens with one attached hydrogen (secondary N) is 2. The van der Waals surface area contributed by atoms with Gasteiger partial charge in [-0.05, 0) is 43.2 Å². The fraction of sp³-hybridized carbons (Fsp3) is 0.389. The SMILES string of the molecule is O=C(NCCNc1ncccn1)c1ccc(OC[C@H]2CCCO2)cc1. The summed E-state index contributed by atoms with van der Waals surface area (Å²) in [6.07, 6.45) is 5.65. The van der Waals surface area contributed by atoms with Gasteiger partial charge in [-0.1, -0.05) is 0 Å². The van der Waals surface area contributed by atoms with Crippen LogP contribution in [0.4, 0.5) is 5.95 Å². The van der Waals surface area contributed by atoms with Gasteiger partial charge in [0.1, 0.15) is 12.4 Å². The van der Waals surface area contributed by atoms with Gasteiger partial charge in [-0.3, -0.25) is 4.79 Å². The minimum Gasteiger partial charge on any atom is -0.491 e. The van der Waals surface area contributed by atoms with Gasteiger partial charge in [0, 0.05) is 37.7 Å². The van der Waals surface area contributed by atoms with E-state index in [1.807, 2.05) is 0 Å². The van der Waals surface area contributed by atoms with Crippen LogP contribution in [-0.2, 0) is 4.74 Å². The number of anilines is 1. The Kier molecular flexibility index (Phi) is 6.17. The highest BCUT2D eigenvalue weighted by Crippen LogP contribution is 2.16. The van der Waals surface area contributed by atoms with E-state index in [1.165, 1.54) is 0 Å². The molecular weight excluding hydrogens is 320 g/mol. The summed E-state index contributed by atoms with van der Waals surface area (Å²) in [6.45, 7) is 2.41. The lowest BCUT2D eigenvalue weighted by molar-refractivity contribution is 0.0679. The molecule has 0 radical (unpaired) electrons. The molecule has 0 spiro atoms. The third kappa shape index (κ3) is 5.42. The standard InChI is InChI=1S/C18H22N4O3/c23-17(19-10-11-22-18-20-8-2-9-21-18)14-4-6-15(7-5-14)25-13-16-3-1-12-24-16/h2,4-9,16H,1,3,10-13H2,(H,19,23)(H,20,21,22)/t16-/m1/s1. The topological polar surface area (TPSA) is 85.4 Å². The number of ether oxygens (including phenoxy) is 2. The normalized spacial score (nSPS) is 16.4. The van der Waals surface area contributed by atoms with Crippen molar-refractivity contribution in [3.05, 3.63) is 48.3 Å². The summed E-state index contributed by atoms with van der Waals surface area (Å²) >= 11 is 0. The summed E-state index contributed by atoms with van der Waals surface area (Å²) in [7, 11) is 0. The van der Waals surface area contributed by atoms with Crippen molar-refractivity contribution < 1.29 is 14.3 Å². The highest BCUT2D eigenvalue weighted by molar-refractivity contribution is 5.94. The zero-order valence-corrected chi connectivity index (χ0v) is 14.0. The lowest BCUT2D eigenvalue weighted by atomic mass is 10.2. The predicted octanol–water partition coefficient (Wildman–Crippen LogP) is 1.88. The number of hydrogen-bond acceptors (Lipinski definition) is 6. The third-order valence-corrected chi connectivity index (χ3v) is 3.84. The second kappa shape index (κ2) is 8.98. The van der Waals surface area contributed by atoms with Crippen LogP contribution < -0.4 is 15.4 Å². The quantitative estimate of drug-likeness (QED) is 0.713. The summed E-state index contributed by atoms with van der Waals surface area (Å²) in [5.41, 5.74) is 0.598. The average Bonchev–Trinajstić information content (AvgIpc) is 3.18. The van der Waals surface area contributed by atoms with Gasteiger partial charge in [-0.25, -0.2) is 9.97 Å². The van der Waals surface area contributed by atoms with Crippen molar-refractivity contribution in [1.82, 2.24) is 15.3 Å². The lowest BCUT2D eigenvalue weighted by Crippen LogP contribution is -2.29. The molecule has 0 aliphatic carbocycles. The molecule has 2 aromatic rings. The Labute approximate surface area is 146 Å².